The lowest BCUT2D eigenvalue weighted by molar-refractivity contribution is -0.134. The van der Waals surface area contributed by atoms with Crippen LogP contribution < -0.4 is 5.32 Å². The lowest BCUT2D eigenvalue weighted by Crippen LogP contribution is -2.52. The number of aryl methyl sites for hydroxylation is 1. The van der Waals surface area contributed by atoms with Crippen LogP contribution in [0, 0.1) is 6.92 Å². The van der Waals surface area contributed by atoms with Gasteiger partial charge < -0.3 is 10.2 Å². The molecule has 3 rings (SSSR count). The summed E-state index contributed by atoms with van der Waals surface area (Å²) in [5.41, 5.74) is 3.18. The highest BCUT2D eigenvalue weighted by molar-refractivity contribution is 5.92. The summed E-state index contributed by atoms with van der Waals surface area (Å²) < 4.78 is 0. The second kappa shape index (κ2) is 10.2. The van der Waals surface area contributed by atoms with Gasteiger partial charge in [0.05, 0.1) is 13.1 Å². The number of hydrogen-bond acceptors (Lipinski definition) is 4. The summed E-state index contributed by atoms with van der Waals surface area (Å²) in [5.74, 6) is 0.128. The van der Waals surface area contributed by atoms with Crippen molar-refractivity contribution in [1.82, 2.24) is 14.7 Å². The molecule has 1 aliphatic rings. The zero-order valence-corrected chi connectivity index (χ0v) is 17.3. The molecule has 0 spiro atoms. The molecule has 6 heteroatoms. The van der Waals surface area contributed by atoms with Crippen LogP contribution in [0.3, 0.4) is 0 Å². The number of nitrogens with zero attached hydrogens (tertiary/aromatic N) is 3. The van der Waals surface area contributed by atoms with E-state index in [1.54, 1.807) is 0 Å². The smallest absolute Gasteiger partial charge is 0.238 e. The third-order valence-electron chi connectivity index (χ3n) is 5.13. The Balaban J connectivity index is 1.38. The van der Waals surface area contributed by atoms with E-state index >= 15 is 0 Å². The van der Waals surface area contributed by atoms with E-state index in [9.17, 15) is 9.59 Å². The molecular formula is C23H30N4O2. The van der Waals surface area contributed by atoms with Crippen molar-refractivity contribution in [3.05, 3.63) is 65.7 Å². The van der Waals surface area contributed by atoms with E-state index in [1.807, 2.05) is 66.2 Å². The van der Waals surface area contributed by atoms with Crippen LogP contribution in [0.2, 0.25) is 0 Å². The topological polar surface area (TPSA) is 55.9 Å². The molecule has 6 nitrogen and oxygen atoms in total. The molecule has 1 heterocycles. The Hall–Kier alpha value is -2.70. The Bertz CT molecular complexity index is 799. The Morgan fingerprint density at radius 2 is 1.62 bits per heavy atom. The maximum atomic E-state index is 12.6. The van der Waals surface area contributed by atoms with Crippen molar-refractivity contribution in [1.29, 1.82) is 0 Å². The standard InChI is InChI=1S/C23H30N4O2/c1-19-8-10-21(11-9-19)24-22(28)17-26-12-14-27(15-13-26)23(29)18-25(2)16-20-6-4-3-5-7-20/h3-11H,12-18H2,1-2H3,(H,24,28). The van der Waals surface area contributed by atoms with Gasteiger partial charge in [-0.05, 0) is 31.7 Å². The number of likely N-dealkylation sites (N-methyl/N-ethyl adjacent to an activating group) is 1. The minimum Gasteiger partial charge on any atom is -0.339 e. The van der Waals surface area contributed by atoms with Gasteiger partial charge in [0.25, 0.3) is 0 Å². The molecule has 0 bridgehead atoms. The molecular weight excluding hydrogens is 364 g/mol. The molecule has 0 saturated carbocycles. The lowest BCUT2D eigenvalue weighted by Gasteiger charge is -2.35. The molecule has 1 saturated heterocycles. The van der Waals surface area contributed by atoms with Crippen LogP contribution in [0.25, 0.3) is 0 Å². The summed E-state index contributed by atoms with van der Waals surface area (Å²) >= 11 is 0. The predicted molar refractivity (Wildman–Crippen MR) is 116 cm³/mol. The van der Waals surface area contributed by atoms with Crippen LogP contribution in [-0.2, 0) is 16.1 Å². The van der Waals surface area contributed by atoms with Crippen LogP contribution in [0.4, 0.5) is 5.69 Å². The predicted octanol–water partition coefficient (Wildman–Crippen LogP) is 2.21. The molecule has 1 aliphatic heterocycles. The molecule has 2 aromatic carbocycles. The molecule has 0 aromatic heterocycles. The molecule has 0 atom stereocenters. The number of nitrogens with one attached hydrogen (secondary N) is 1. The quantitative estimate of drug-likeness (QED) is 0.782. The van der Waals surface area contributed by atoms with Crippen LogP contribution in [0.1, 0.15) is 11.1 Å². The number of piperazine rings is 1. The van der Waals surface area contributed by atoms with Gasteiger partial charge in [-0.25, -0.2) is 0 Å². The van der Waals surface area contributed by atoms with Gasteiger partial charge in [0, 0.05) is 38.4 Å². The first-order chi connectivity index (χ1) is 14.0. The average Bonchev–Trinajstić information content (AvgIpc) is 2.71. The van der Waals surface area contributed by atoms with Crippen molar-refractivity contribution in [2.45, 2.75) is 13.5 Å². The fourth-order valence-corrected chi connectivity index (χ4v) is 3.48. The first-order valence-electron chi connectivity index (χ1n) is 10.1. The third kappa shape index (κ3) is 6.69. The number of anilines is 1. The zero-order valence-electron chi connectivity index (χ0n) is 17.3. The van der Waals surface area contributed by atoms with Gasteiger partial charge >= 0.3 is 0 Å². The molecule has 1 N–H and O–H groups in total. The van der Waals surface area contributed by atoms with Crippen molar-refractivity contribution in [3.63, 3.8) is 0 Å². The van der Waals surface area contributed by atoms with Gasteiger partial charge in [-0.15, -0.1) is 0 Å². The van der Waals surface area contributed by atoms with Crippen LogP contribution in [0.15, 0.2) is 54.6 Å². The third-order valence-corrected chi connectivity index (χ3v) is 5.13. The molecule has 154 valence electrons. The van der Waals surface area contributed by atoms with Crippen LogP contribution in [0.5, 0.6) is 0 Å². The maximum absolute atomic E-state index is 12.6. The molecule has 1 fully saturated rings. The van der Waals surface area contributed by atoms with E-state index in [-0.39, 0.29) is 11.8 Å². The first-order valence-corrected chi connectivity index (χ1v) is 10.1. The maximum Gasteiger partial charge on any atom is 0.238 e. The SMILES string of the molecule is Cc1ccc(NC(=O)CN2CCN(C(=O)CN(C)Cc3ccccc3)CC2)cc1. The second-order valence-electron chi connectivity index (χ2n) is 7.73. The molecule has 0 aliphatic carbocycles. The van der Waals surface area contributed by atoms with E-state index in [0.717, 1.165) is 25.3 Å². The van der Waals surface area contributed by atoms with Gasteiger partial charge in [-0.3, -0.25) is 19.4 Å². The minimum absolute atomic E-state index is 0.0174. The van der Waals surface area contributed by atoms with Gasteiger partial charge in [0.2, 0.25) is 11.8 Å². The molecule has 0 radical (unpaired) electrons. The molecule has 2 aromatic rings. The molecule has 2 amide bonds. The van der Waals surface area contributed by atoms with Crippen molar-refractivity contribution < 1.29 is 9.59 Å². The van der Waals surface area contributed by atoms with Crippen molar-refractivity contribution in [2.75, 3.05) is 51.6 Å². The number of carbonyl (C=O) groups excluding carboxylic acids is 2. The first kappa shape index (κ1) is 21.0. The van der Waals surface area contributed by atoms with Crippen LogP contribution in [-0.4, -0.2) is 72.8 Å². The average molecular weight is 395 g/mol. The van der Waals surface area contributed by atoms with E-state index < -0.39 is 0 Å². The molecule has 29 heavy (non-hydrogen) atoms. The van der Waals surface area contributed by atoms with Crippen molar-refractivity contribution in [3.8, 4) is 0 Å². The number of carbonyl (C=O) groups is 2. The summed E-state index contributed by atoms with van der Waals surface area (Å²) in [6.07, 6.45) is 0. The summed E-state index contributed by atoms with van der Waals surface area (Å²) in [7, 11) is 1.97. The van der Waals surface area contributed by atoms with Crippen LogP contribution >= 0.6 is 0 Å². The van der Waals surface area contributed by atoms with Gasteiger partial charge in [0.1, 0.15) is 0 Å². The highest BCUT2D eigenvalue weighted by Crippen LogP contribution is 2.10. The summed E-state index contributed by atoms with van der Waals surface area (Å²) in [6.45, 7) is 6.29. The van der Waals surface area contributed by atoms with E-state index in [4.69, 9.17) is 0 Å². The zero-order chi connectivity index (χ0) is 20.6. The second-order valence-corrected chi connectivity index (χ2v) is 7.73. The van der Waals surface area contributed by atoms with E-state index in [0.29, 0.717) is 26.2 Å². The van der Waals surface area contributed by atoms with Gasteiger partial charge in [-0.2, -0.15) is 0 Å². The summed E-state index contributed by atoms with van der Waals surface area (Å²) in [5, 5.41) is 2.93. The number of rotatable bonds is 7. The Labute approximate surface area is 173 Å². The van der Waals surface area contributed by atoms with E-state index in [2.05, 4.69) is 22.3 Å². The van der Waals surface area contributed by atoms with Crippen molar-refractivity contribution >= 4 is 17.5 Å². The fourth-order valence-electron chi connectivity index (χ4n) is 3.48. The highest BCUT2D eigenvalue weighted by Gasteiger charge is 2.23. The number of hydrogen-bond donors (Lipinski definition) is 1. The van der Waals surface area contributed by atoms with Crippen molar-refractivity contribution in [2.24, 2.45) is 0 Å². The van der Waals surface area contributed by atoms with E-state index in [1.165, 1.54) is 11.1 Å². The largest absolute Gasteiger partial charge is 0.339 e. The lowest BCUT2D eigenvalue weighted by atomic mass is 10.2. The Morgan fingerprint density at radius 1 is 0.966 bits per heavy atom. The Kier molecular flexibility index (Phi) is 7.38. The number of benzene rings is 2. The highest BCUT2D eigenvalue weighted by atomic mass is 16.2. The number of amides is 2. The van der Waals surface area contributed by atoms with Gasteiger partial charge in [-0.1, -0.05) is 48.0 Å². The summed E-state index contributed by atoms with van der Waals surface area (Å²) in [4.78, 5) is 30.9. The summed E-state index contributed by atoms with van der Waals surface area (Å²) in [6, 6.07) is 17.9. The minimum atomic E-state index is -0.0174. The molecule has 0 unspecified atom stereocenters. The van der Waals surface area contributed by atoms with Gasteiger partial charge in [0.15, 0.2) is 0 Å². The monoisotopic (exact) mass is 394 g/mol. The normalized spacial score (nSPS) is 14.8. The Morgan fingerprint density at radius 3 is 2.28 bits per heavy atom. The fraction of sp³-hybridized carbons (Fsp3) is 0.391.